The van der Waals surface area contributed by atoms with Gasteiger partial charge >= 0.3 is 11.9 Å². The van der Waals surface area contributed by atoms with Crippen LogP contribution in [0, 0.1) is 0 Å². The summed E-state index contributed by atoms with van der Waals surface area (Å²) in [6.07, 6.45) is 1.64. The van der Waals surface area contributed by atoms with E-state index in [0.717, 1.165) is 12.8 Å². The van der Waals surface area contributed by atoms with Crippen LogP contribution in [0.25, 0.3) is 0 Å². The number of carboxylic acids is 2. The maximum absolute atomic E-state index is 12.7. The van der Waals surface area contributed by atoms with Crippen molar-refractivity contribution in [2.75, 3.05) is 47.5 Å². The summed E-state index contributed by atoms with van der Waals surface area (Å²) in [5.41, 5.74) is 6.69. The average molecular weight is 532 g/mol. The number of aromatic amines is 1. The summed E-state index contributed by atoms with van der Waals surface area (Å²) >= 11 is 0. The molecular formula is C24H33N7O7. The first-order chi connectivity index (χ1) is 18.2. The van der Waals surface area contributed by atoms with E-state index in [9.17, 15) is 24.3 Å². The van der Waals surface area contributed by atoms with E-state index in [1.165, 1.54) is 12.1 Å². The fraction of sp³-hybridized carbons (Fsp3) is 0.458. The van der Waals surface area contributed by atoms with E-state index in [-0.39, 0.29) is 42.6 Å². The van der Waals surface area contributed by atoms with Crippen LogP contribution in [0.4, 0.5) is 23.1 Å². The van der Waals surface area contributed by atoms with Gasteiger partial charge in [0.15, 0.2) is 5.82 Å². The van der Waals surface area contributed by atoms with Gasteiger partial charge in [-0.05, 0) is 49.9 Å². The van der Waals surface area contributed by atoms with E-state index in [2.05, 4.69) is 25.9 Å². The zero-order valence-electron chi connectivity index (χ0n) is 20.8. The first-order valence-electron chi connectivity index (χ1n) is 12.3. The number of aliphatic hydroxyl groups excluding tert-OH is 1. The molecule has 1 aliphatic heterocycles. The number of fused-ring (bicyclic) bond motifs is 1. The van der Waals surface area contributed by atoms with Gasteiger partial charge < -0.3 is 41.9 Å². The molecule has 0 bridgehead atoms. The lowest BCUT2D eigenvalue weighted by Gasteiger charge is -2.38. The normalized spacial score (nSPS) is 15.2. The van der Waals surface area contributed by atoms with Gasteiger partial charge in [-0.25, -0.2) is 4.79 Å². The fourth-order valence-corrected chi connectivity index (χ4v) is 4.17. The lowest BCUT2D eigenvalue weighted by Crippen LogP contribution is -2.51. The van der Waals surface area contributed by atoms with E-state index < -0.39 is 23.9 Å². The maximum atomic E-state index is 12.7. The smallest absolute Gasteiger partial charge is 0.326 e. The first kappa shape index (κ1) is 28.2. The zero-order valence-corrected chi connectivity index (χ0v) is 20.8. The molecular weight excluding hydrogens is 498 g/mol. The monoisotopic (exact) mass is 531 g/mol. The molecule has 0 saturated heterocycles. The van der Waals surface area contributed by atoms with E-state index in [1.54, 1.807) is 12.1 Å². The van der Waals surface area contributed by atoms with E-state index >= 15 is 0 Å². The van der Waals surface area contributed by atoms with Gasteiger partial charge in [0, 0.05) is 43.9 Å². The van der Waals surface area contributed by atoms with Gasteiger partial charge in [-0.3, -0.25) is 19.4 Å². The van der Waals surface area contributed by atoms with Crippen molar-refractivity contribution in [2.24, 2.45) is 0 Å². The van der Waals surface area contributed by atoms with Crippen molar-refractivity contribution in [3.8, 4) is 0 Å². The highest BCUT2D eigenvalue weighted by atomic mass is 16.4. The molecule has 9 N–H and O–H groups in total. The summed E-state index contributed by atoms with van der Waals surface area (Å²) in [6.45, 7) is 1.65. The van der Waals surface area contributed by atoms with Crippen molar-refractivity contribution >= 4 is 41.0 Å². The van der Waals surface area contributed by atoms with Crippen LogP contribution in [0.5, 0.6) is 0 Å². The van der Waals surface area contributed by atoms with Crippen LogP contribution in [0.3, 0.4) is 0 Å². The van der Waals surface area contributed by atoms with Gasteiger partial charge in [-0.15, -0.1) is 0 Å². The molecule has 1 amide bonds. The van der Waals surface area contributed by atoms with Crippen molar-refractivity contribution in [1.82, 2.24) is 15.3 Å². The molecule has 1 aromatic carbocycles. The van der Waals surface area contributed by atoms with Crippen LogP contribution >= 0.6 is 0 Å². The van der Waals surface area contributed by atoms with Crippen LogP contribution in [0.15, 0.2) is 29.1 Å². The Hall–Kier alpha value is -4.33. The highest BCUT2D eigenvalue weighted by Crippen LogP contribution is 2.27. The number of unbranched alkanes of at least 4 members (excludes halogenated alkanes) is 2. The highest BCUT2D eigenvalue weighted by Gasteiger charge is 2.29. The standard InChI is InChI=1S/C24H33N7O7/c25-24-29-20-19(22(36)30-24)31(10-2-1-3-11-32)16(13-27-20)12-26-15-6-4-14(5-7-15)21(35)28-17(23(37)38)8-9-18(33)34/h4-7,16-17,26,32H,1-3,8-13H2,(H,28,35)(H,33,34)(H,37,38)(H4,25,27,29,30,36). The number of carbonyl (C=O) groups excluding carboxylic acids is 1. The number of aliphatic hydroxyl groups is 1. The number of carbonyl (C=O) groups is 3. The third kappa shape index (κ3) is 7.59. The molecule has 38 heavy (non-hydrogen) atoms. The second kappa shape index (κ2) is 13.3. The minimum atomic E-state index is -1.31. The number of benzene rings is 1. The van der Waals surface area contributed by atoms with E-state index in [4.69, 9.17) is 15.9 Å². The van der Waals surface area contributed by atoms with Crippen molar-refractivity contribution in [2.45, 2.75) is 44.2 Å². The quantitative estimate of drug-likeness (QED) is 0.154. The Labute approximate surface area is 218 Å². The van der Waals surface area contributed by atoms with Gasteiger partial charge in [-0.2, -0.15) is 4.98 Å². The summed E-state index contributed by atoms with van der Waals surface area (Å²) in [5.74, 6) is -2.63. The Morgan fingerprint density at radius 2 is 1.89 bits per heavy atom. The number of rotatable bonds is 14. The molecule has 0 aliphatic carbocycles. The molecule has 14 heteroatoms. The lowest BCUT2D eigenvalue weighted by molar-refractivity contribution is -0.140. The number of H-pyrrole nitrogens is 1. The van der Waals surface area contributed by atoms with E-state index in [0.29, 0.717) is 43.2 Å². The second-order valence-electron chi connectivity index (χ2n) is 8.92. The molecule has 14 nitrogen and oxygen atoms in total. The van der Waals surface area contributed by atoms with Crippen molar-refractivity contribution in [3.05, 3.63) is 40.2 Å². The van der Waals surface area contributed by atoms with Gasteiger partial charge in [0.05, 0.1) is 6.04 Å². The van der Waals surface area contributed by atoms with Gasteiger partial charge in [-0.1, -0.05) is 0 Å². The number of aromatic nitrogens is 2. The Morgan fingerprint density at radius 3 is 2.55 bits per heavy atom. The molecule has 0 spiro atoms. The molecule has 2 unspecified atom stereocenters. The molecule has 2 heterocycles. The summed E-state index contributed by atoms with van der Waals surface area (Å²) in [6, 6.07) is 4.99. The van der Waals surface area contributed by atoms with Crippen molar-refractivity contribution in [1.29, 1.82) is 0 Å². The number of carboxylic acid groups (broad SMARTS) is 2. The molecule has 206 valence electrons. The van der Waals surface area contributed by atoms with Crippen molar-refractivity contribution in [3.63, 3.8) is 0 Å². The number of hydrogen-bond donors (Lipinski definition) is 8. The van der Waals surface area contributed by atoms with Crippen LogP contribution in [-0.2, 0) is 9.59 Å². The highest BCUT2D eigenvalue weighted by molar-refractivity contribution is 5.97. The Balaban J connectivity index is 1.64. The van der Waals surface area contributed by atoms with Gasteiger partial charge in [0.1, 0.15) is 11.7 Å². The van der Waals surface area contributed by atoms with Gasteiger partial charge in [0.2, 0.25) is 5.95 Å². The van der Waals surface area contributed by atoms with E-state index in [1.807, 2.05) is 4.90 Å². The number of anilines is 4. The number of aliphatic carboxylic acids is 2. The van der Waals surface area contributed by atoms with Crippen LogP contribution in [0.1, 0.15) is 42.5 Å². The molecule has 0 saturated carbocycles. The number of nitrogens with one attached hydrogen (secondary N) is 4. The van der Waals surface area contributed by atoms with Crippen molar-refractivity contribution < 1.29 is 29.7 Å². The largest absolute Gasteiger partial charge is 0.481 e. The first-order valence-corrected chi connectivity index (χ1v) is 12.3. The minimum Gasteiger partial charge on any atom is -0.481 e. The topological polar surface area (TPSA) is 223 Å². The van der Waals surface area contributed by atoms with Crippen LogP contribution in [-0.4, -0.2) is 81.5 Å². The average Bonchev–Trinajstić information content (AvgIpc) is 2.87. The Morgan fingerprint density at radius 1 is 1.16 bits per heavy atom. The zero-order chi connectivity index (χ0) is 27.7. The lowest BCUT2D eigenvalue weighted by atomic mass is 10.1. The Kier molecular flexibility index (Phi) is 9.87. The molecule has 1 aliphatic rings. The predicted molar refractivity (Wildman–Crippen MR) is 141 cm³/mol. The minimum absolute atomic E-state index is 0.0266. The summed E-state index contributed by atoms with van der Waals surface area (Å²) in [7, 11) is 0. The number of hydrogen-bond acceptors (Lipinski definition) is 10. The molecule has 3 rings (SSSR count). The number of amides is 1. The number of nitrogens with zero attached hydrogens (tertiary/aromatic N) is 2. The van der Waals surface area contributed by atoms with Crippen LogP contribution < -0.4 is 32.1 Å². The Bertz CT molecular complexity index is 1190. The second-order valence-corrected chi connectivity index (χ2v) is 8.92. The van der Waals surface area contributed by atoms with Crippen LogP contribution in [0.2, 0.25) is 0 Å². The number of nitrogen functional groups attached to an aromatic ring is 1. The molecule has 2 aromatic rings. The summed E-state index contributed by atoms with van der Waals surface area (Å²) in [4.78, 5) is 55.9. The molecule has 0 radical (unpaired) electrons. The third-order valence-electron chi connectivity index (χ3n) is 6.14. The third-order valence-corrected chi connectivity index (χ3v) is 6.14. The number of nitrogens with two attached hydrogens (primary N) is 1. The SMILES string of the molecule is Nc1nc2c(c(=O)[nH]1)N(CCCCCO)C(CNc1ccc(C(=O)NC(CCC(=O)O)C(=O)O)cc1)CN2. The fourth-order valence-electron chi connectivity index (χ4n) is 4.17. The maximum Gasteiger partial charge on any atom is 0.326 e. The molecule has 0 fully saturated rings. The molecule has 1 aromatic heterocycles. The predicted octanol–water partition coefficient (Wildman–Crippen LogP) is 0.275. The molecule has 2 atom stereocenters. The summed E-state index contributed by atoms with van der Waals surface area (Å²) < 4.78 is 0. The van der Waals surface area contributed by atoms with Gasteiger partial charge in [0.25, 0.3) is 11.5 Å². The summed E-state index contributed by atoms with van der Waals surface area (Å²) in [5, 5.41) is 35.9.